The van der Waals surface area contributed by atoms with Gasteiger partial charge in [0.2, 0.25) is 5.91 Å². The van der Waals surface area contributed by atoms with E-state index < -0.39 is 11.9 Å². The molecule has 2 amide bonds. The lowest BCUT2D eigenvalue weighted by molar-refractivity contribution is -0.120. The van der Waals surface area contributed by atoms with E-state index in [1.165, 1.54) is 0 Å². The number of benzene rings is 1. The Morgan fingerprint density at radius 2 is 1.80 bits per heavy atom. The molecule has 0 unspecified atom stereocenters. The van der Waals surface area contributed by atoms with Gasteiger partial charge in [-0.3, -0.25) is 9.59 Å². The fraction of sp³-hybridized carbons (Fsp3) is 0.385. The molecular weight excluding hydrogens is 282 g/mol. The molecule has 0 saturated heterocycles. The molecule has 5 N–H and O–H groups in total. The molecule has 1 atom stereocenters. The number of carbonyl (C=O) groups excluding carboxylic acids is 2. The third-order valence-electron chi connectivity index (χ3n) is 2.52. The van der Waals surface area contributed by atoms with Crippen molar-refractivity contribution in [2.24, 2.45) is 17.4 Å². The van der Waals surface area contributed by atoms with E-state index in [2.05, 4.69) is 5.32 Å². The summed E-state index contributed by atoms with van der Waals surface area (Å²) in [6, 6.07) is 6.06. The molecule has 0 aliphatic carbocycles. The standard InChI is InChI=1S/C13H19N3O3.ClH/c1-8(2)12(15)13(18)16-9-3-5-10(6-4-9)19-7-11(14)17;/h3-6,8,12H,7,15H2,1-2H3,(H2,14,17)(H,16,18);1H/t12-;/m0./s1. The molecule has 0 bridgehead atoms. The highest BCUT2D eigenvalue weighted by Crippen LogP contribution is 2.16. The predicted octanol–water partition coefficient (Wildman–Crippen LogP) is 0.894. The van der Waals surface area contributed by atoms with E-state index in [-0.39, 0.29) is 30.8 Å². The molecule has 6 nitrogen and oxygen atoms in total. The van der Waals surface area contributed by atoms with Gasteiger partial charge in [0.1, 0.15) is 5.75 Å². The molecule has 0 heterocycles. The highest BCUT2D eigenvalue weighted by atomic mass is 35.5. The number of hydrogen-bond acceptors (Lipinski definition) is 4. The van der Waals surface area contributed by atoms with E-state index >= 15 is 0 Å². The molecule has 0 aromatic heterocycles. The molecular formula is C13H20ClN3O3. The highest BCUT2D eigenvalue weighted by molar-refractivity contribution is 5.94. The molecule has 0 fully saturated rings. The molecule has 20 heavy (non-hydrogen) atoms. The third kappa shape index (κ3) is 5.90. The zero-order valence-electron chi connectivity index (χ0n) is 11.5. The second kappa shape index (κ2) is 8.39. The van der Waals surface area contributed by atoms with Crippen LogP contribution < -0.4 is 21.5 Å². The monoisotopic (exact) mass is 301 g/mol. The Hall–Kier alpha value is -1.79. The van der Waals surface area contributed by atoms with E-state index in [0.29, 0.717) is 11.4 Å². The number of amides is 2. The Labute approximate surface area is 124 Å². The summed E-state index contributed by atoms with van der Waals surface area (Å²) >= 11 is 0. The summed E-state index contributed by atoms with van der Waals surface area (Å²) < 4.78 is 5.10. The Morgan fingerprint density at radius 1 is 1.25 bits per heavy atom. The smallest absolute Gasteiger partial charge is 0.255 e. The fourth-order valence-electron chi connectivity index (χ4n) is 1.32. The molecule has 1 aromatic carbocycles. The molecule has 1 rings (SSSR count). The first kappa shape index (κ1) is 18.2. The summed E-state index contributed by atoms with van der Waals surface area (Å²) in [5.74, 6) is -0.204. The van der Waals surface area contributed by atoms with Gasteiger partial charge in [-0.1, -0.05) is 13.8 Å². The Morgan fingerprint density at radius 3 is 2.25 bits per heavy atom. The summed E-state index contributed by atoms with van der Waals surface area (Å²) in [6.07, 6.45) is 0. The Balaban J connectivity index is 0.00000361. The van der Waals surface area contributed by atoms with Crippen LogP contribution in [0, 0.1) is 5.92 Å². The van der Waals surface area contributed by atoms with E-state index in [0.717, 1.165) is 0 Å². The first-order valence-electron chi connectivity index (χ1n) is 5.97. The predicted molar refractivity (Wildman–Crippen MR) is 79.8 cm³/mol. The van der Waals surface area contributed by atoms with Crippen molar-refractivity contribution in [3.8, 4) is 5.75 Å². The van der Waals surface area contributed by atoms with Crippen LogP contribution in [0.3, 0.4) is 0 Å². The van der Waals surface area contributed by atoms with Gasteiger partial charge in [-0.25, -0.2) is 0 Å². The minimum atomic E-state index is -0.550. The van der Waals surface area contributed by atoms with Crippen molar-refractivity contribution in [1.29, 1.82) is 0 Å². The van der Waals surface area contributed by atoms with Crippen molar-refractivity contribution in [2.75, 3.05) is 11.9 Å². The number of hydrogen-bond donors (Lipinski definition) is 3. The van der Waals surface area contributed by atoms with Crippen LogP contribution in [0.2, 0.25) is 0 Å². The van der Waals surface area contributed by atoms with Gasteiger partial charge in [0.05, 0.1) is 6.04 Å². The van der Waals surface area contributed by atoms with Crippen LogP contribution >= 0.6 is 12.4 Å². The van der Waals surface area contributed by atoms with Gasteiger partial charge in [0, 0.05) is 5.69 Å². The second-order valence-electron chi connectivity index (χ2n) is 4.54. The number of rotatable bonds is 6. The molecule has 0 radical (unpaired) electrons. The fourth-order valence-corrected chi connectivity index (χ4v) is 1.32. The SMILES string of the molecule is CC(C)[C@H](N)C(=O)Nc1ccc(OCC(N)=O)cc1.Cl. The van der Waals surface area contributed by atoms with Gasteiger partial charge in [0.25, 0.3) is 5.91 Å². The van der Waals surface area contributed by atoms with Crippen LogP contribution in [0.1, 0.15) is 13.8 Å². The minimum Gasteiger partial charge on any atom is -0.484 e. The van der Waals surface area contributed by atoms with Crippen LogP contribution in [0.4, 0.5) is 5.69 Å². The molecule has 0 saturated carbocycles. The number of ether oxygens (including phenoxy) is 1. The zero-order chi connectivity index (χ0) is 14.4. The largest absolute Gasteiger partial charge is 0.484 e. The van der Waals surface area contributed by atoms with Gasteiger partial charge < -0.3 is 21.5 Å². The summed E-state index contributed by atoms with van der Waals surface area (Å²) in [4.78, 5) is 22.3. The van der Waals surface area contributed by atoms with Gasteiger partial charge in [-0.2, -0.15) is 0 Å². The lowest BCUT2D eigenvalue weighted by Gasteiger charge is -2.15. The molecule has 7 heteroatoms. The number of nitrogens with one attached hydrogen (secondary N) is 1. The van der Waals surface area contributed by atoms with Crippen LogP contribution in [-0.2, 0) is 9.59 Å². The van der Waals surface area contributed by atoms with Crippen LogP contribution in [-0.4, -0.2) is 24.5 Å². The average Bonchev–Trinajstić information content (AvgIpc) is 2.36. The van der Waals surface area contributed by atoms with E-state index in [1.807, 2.05) is 13.8 Å². The summed E-state index contributed by atoms with van der Waals surface area (Å²) in [5, 5.41) is 2.70. The van der Waals surface area contributed by atoms with Crippen LogP contribution in [0.5, 0.6) is 5.75 Å². The maximum absolute atomic E-state index is 11.7. The molecule has 0 aliphatic heterocycles. The van der Waals surface area contributed by atoms with Crippen molar-refractivity contribution in [1.82, 2.24) is 0 Å². The quantitative estimate of drug-likeness (QED) is 0.725. The summed E-state index contributed by atoms with van der Waals surface area (Å²) in [5.41, 5.74) is 11.3. The van der Waals surface area contributed by atoms with Crippen molar-refractivity contribution >= 4 is 29.9 Å². The van der Waals surface area contributed by atoms with E-state index in [4.69, 9.17) is 16.2 Å². The first-order chi connectivity index (χ1) is 8.90. The van der Waals surface area contributed by atoms with Crippen molar-refractivity contribution in [3.05, 3.63) is 24.3 Å². The number of anilines is 1. The Bertz CT molecular complexity index is 449. The first-order valence-corrected chi connectivity index (χ1v) is 5.97. The number of carbonyl (C=O) groups is 2. The van der Waals surface area contributed by atoms with Crippen LogP contribution in [0.15, 0.2) is 24.3 Å². The molecule has 0 spiro atoms. The number of halogens is 1. The number of nitrogens with two attached hydrogens (primary N) is 2. The van der Waals surface area contributed by atoms with E-state index in [1.54, 1.807) is 24.3 Å². The summed E-state index contributed by atoms with van der Waals surface area (Å²) in [7, 11) is 0. The Kier molecular flexibility index (Phi) is 7.64. The van der Waals surface area contributed by atoms with Crippen molar-refractivity contribution in [3.63, 3.8) is 0 Å². The maximum atomic E-state index is 11.7. The van der Waals surface area contributed by atoms with Gasteiger partial charge in [-0.15, -0.1) is 12.4 Å². The lowest BCUT2D eigenvalue weighted by Crippen LogP contribution is -2.39. The molecule has 0 aliphatic rings. The van der Waals surface area contributed by atoms with Gasteiger partial charge >= 0.3 is 0 Å². The lowest BCUT2D eigenvalue weighted by atomic mass is 10.1. The van der Waals surface area contributed by atoms with Gasteiger partial charge in [0.15, 0.2) is 6.61 Å². The van der Waals surface area contributed by atoms with Crippen molar-refractivity contribution in [2.45, 2.75) is 19.9 Å². The maximum Gasteiger partial charge on any atom is 0.255 e. The second-order valence-corrected chi connectivity index (χ2v) is 4.54. The van der Waals surface area contributed by atoms with Gasteiger partial charge in [-0.05, 0) is 30.2 Å². The topological polar surface area (TPSA) is 107 Å². The highest BCUT2D eigenvalue weighted by Gasteiger charge is 2.16. The minimum absolute atomic E-state index is 0. The third-order valence-corrected chi connectivity index (χ3v) is 2.52. The zero-order valence-corrected chi connectivity index (χ0v) is 12.3. The average molecular weight is 302 g/mol. The van der Waals surface area contributed by atoms with Crippen LogP contribution in [0.25, 0.3) is 0 Å². The number of primary amides is 1. The molecule has 112 valence electrons. The van der Waals surface area contributed by atoms with E-state index in [9.17, 15) is 9.59 Å². The molecule has 1 aromatic rings. The summed E-state index contributed by atoms with van der Waals surface area (Å²) in [6.45, 7) is 3.58. The van der Waals surface area contributed by atoms with Crippen molar-refractivity contribution < 1.29 is 14.3 Å². The normalized spacial score (nSPS) is 11.4.